The number of nitrogens with zero attached hydrogens (tertiary/aromatic N) is 2. The van der Waals surface area contributed by atoms with E-state index in [1.165, 1.54) is 22.3 Å². The van der Waals surface area contributed by atoms with Gasteiger partial charge < -0.3 is 19.8 Å². The number of likely N-dealkylation sites (N-methyl/N-ethyl adjacent to an activating group) is 1. The number of aryl methyl sites for hydroxylation is 2. The van der Waals surface area contributed by atoms with Gasteiger partial charge in [-0.05, 0) is 74.2 Å². The van der Waals surface area contributed by atoms with Crippen molar-refractivity contribution >= 4 is 5.91 Å². The average Bonchev–Trinajstić information content (AvgIpc) is 3.36. The van der Waals surface area contributed by atoms with E-state index in [9.17, 15) is 15.0 Å². The van der Waals surface area contributed by atoms with Crippen LogP contribution in [0.2, 0.25) is 0 Å². The number of rotatable bonds is 8. The summed E-state index contributed by atoms with van der Waals surface area (Å²) in [5.74, 6) is 0.754. The molecule has 43 heavy (non-hydrogen) atoms. The Labute approximate surface area is 255 Å². The van der Waals surface area contributed by atoms with Crippen molar-refractivity contribution in [3.8, 4) is 11.5 Å². The van der Waals surface area contributed by atoms with Crippen LogP contribution in [-0.2, 0) is 29.5 Å². The standard InChI is InChI=1S/C37H44N2O4/c1-4-28-23-29(38(3)32(41)16-13-26-12-8-9-24(2)21-26)35-36-18-20-39(19-17-25-10-6-5-7-11-25)31(37(28,36)42)22-27-14-15-30(40)34(43-35)33(27)36/h5-12,14-15,21,28-29,31,35,40,42H,4,13,16-20,22-23H2,1-3H3/t28?,29?,31-,35?,36+,37-/m1/s1. The van der Waals surface area contributed by atoms with Crippen LogP contribution in [0.3, 0.4) is 0 Å². The van der Waals surface area contributed by atoms with E-state index in [1.54, 1.807) is 6.07 Å². The SMILES string of the molecule is CCC1CC(N(C)C(=O)CCc2cccc(C)c2)C2Oc3c(O)ccc4c3[C@@]23CCN(CCc2ccccc2)[C@H](C4)[C@]13O. The zero-order chi connectivity index (χ0) is 29.9. The molecule has 3 unspecified atom stereocenters. The predicted octanol–water partition coefficient (Wildman–Crippen LogP) is 5.19. The maximum Gasteiger partial charge on any atom is 0.223 e. The lowest BCUT2D eigenvalue weighted by Crippen LogP contribution is -2.81. The van der Waals surface area contributed by atoms with E-state index in [0.29, 0.717) is 25.0 Å². The summed E-state index contributed by atoms with van der Waals surface area (Å²) in [6.45, 7) is 5.99. The highest BCUT2D eigenvalue weighted by molar-refractivity contribution is 5.77. The van der Waals surface area contributed by atoms with Gasteiger partial charge in [0.05, 0.1) is 17.1 Å². The maximum absolute atomic E-state index is 13.8. The fraction of sp³-hybridized carbons (Fsp3) is 0.486. The molecule has 4 aliphatic rings. The lowest BCUT2D eigenvalue weighted by Gasteiger charge is -2.67. The smallest absolute Gasteiger partial charge is 0.223 e. The minimum Gasteiger partial charge on any atom is -0.504 e. The Hall–Kier alpha value is -3.35. The molecule has 1 spiro atoms. The minimum absolute atomic E-state index is 0.00431. The highest BCUT2D eigenvalue weighted by atomic mass is 16.5. The monoisotopic (exact) mass is 580 g/mol. The summed E-state index contributed by atoms with van der Waals surface area (Å²) < 4.78 is 6.77. The Kier molecular flexibility index (Phi) is 7.05. The molecule has 2 fully saturated rings. The molecular formula is C37H44N2O4. The first kappa shape index (κ1) is 28.4. The summed E-state index contributed by atoms with van der Waals surface area (Å²) in [5, 5.41) is 24.3. The summed E-state index contributed by atoms with van der Waals surface area (Å²) in [6.07, 6.45) is 4.62. The molecule has 1 saturated carbocycles. The van der Waals surface area contributed by atoms with Crippen molar-refractivity contribution in [2.24, 2.45) is 5.92 Å². The van der Waals surface area contributed by atoms with E-state index in [1.807, 2.05) is 24.1 Å². The van der Waals surface area contributed by atoms with E-state index in [2.05, 4.69) is 67.3 Å². The number of aromatic hydroxyl groups is 1. The third-order valence-corrected chi connectivity index (χ3v) is 11.4. The maximum atomic E-state index is 13.8. The van der Waals surface area contributed by atoms with Gasteiger partial charge in [0.25, 0.3) is 0 Å². The normalized spacial score (nSPS) is 30.4. The van der Waals surface area contributed by atoms with Crippen molar-refractivity contribution in [1.82, 2.24) is 9.80 Å². The molecule has 2 N–H and O–H groups in total. The number of benzene rings is 3. The van der Waals surface area contributed by atoms with Gasteiger partial charge in [-0.2, -0.15) is 0 Å². The van der Waals surface area contributed by atoms with Crippen molar-refractivity contribution in [2.45, 2.75) is 88.0 Å². The van der Waals surface area contributed by atoms with Crippen LogP contribution in [0.15, 0.2) is 66.7 Å². The van der Waals surface area contributed by atoms with Crippen LogP contribution < -0.4 is 4.74 Å². The minimum atomic E-state index is -1.02. The third kappa shape index (κ3) is 4.24. The Morgan fingerprint density at radius 1 is 1.07 bits per heavy atom. The van der Waals surface area contributed by atoms with Crippen molar-refractivity contribution in [1.29, 1.82) is 0 Å². The Morgan fingerprint density at radius 3 is 2.63 bits per heavy atom. The first-order valence-electron chi connectivity index (χ1n) is 16.1. The van der Waals surface area contributed by atoms with Gasteiger partial charge in [0.15, 0.2) is 11.5 Å². The Balaban J connectivity index is 1.23. The summed E-state index contributed by atoms with van der Waals surface area (Å²) in [7, 11) is 1.92. The molecule has 6 nitrogen and oxygen atoms in total. The predicted molar refractivity (Wildman–Crippen MR) is 167 cm³/mol. The number of amides is 1. The van der Waals surface area contributed by atoms with Crippen molar-refractivity contribution in [3.63, 3.8) is 0 Å². The van der Waals surface area contributed by atoms with E-state index < -0.39 is 17.1 Å². The number of hydrogen-bond acceptors (Lipinski definition) is 5. The molecule has 0 aromatic heterocycles. The van der Waals surface area contributed by atoms with E-state index in [-0.39, 0.29) is 29.7 Å². The van der Waals surface area contributed by atoms with Crippen LogP contribution in [0.4, 0.5) is 0 Å². The van der Waals surface area contributed by atoms with Gasteiger partial charge in [0, 0.05) is 31.6 Å². The second kappa shape index (κ2) is 10.7. The Bertz CT molecular complexity index is 1520. The lowest BCUT2D eigenvalue weighted by atomic mass is 9.45. The molecule has 6 heteroatoms. The van der Waals surface area contributed by atoms with Gasteiger partial charge in [0.1, 0.15) is 6.10 Å². The van der Waals surface area contributed by atoms with Gasteiger partial charge in [-0.1, -0.05) is 79.6 Å². The fourth-order valence-electron chi connectivity index (χ4n) is 9.34. The first-order valence-corrected chi connectivity index (χ1v) is 16.1. The summed E-state index contributed by atoms with van der Waals surface area (Å²) in [6, 6.07) is 22.5. The molecule has 6 atom stereocenters. The largest absolute Gasteiger partial charge is 0.504 e. The second-order valence-corrected chi connectivity index (χ2v) is 13.4. The average molecular weight is 581 g/mol. The number of piperidine rings is 1. The number of phenolic OH excluding ortho intramolecular Hbond substituents is 1. The van der Waals surface area contributed by atoms with Crippen LogP contribution in [0.25, 0.3) is 0 Å². The van der Waals surface area contributed by atoms with Crippen LogP contribution in [-0.4, -0.2) is 69.8 Å². The molecule has 3 aromatic carbocycles. The van der Waals surface area contributed by atoms with Crippen LogP contribution in [0, 0.1) is 12.8 Å². The van der Waals surface area contributed by atoms with Crippen LogP contribution in [0.5, 0.6) is 11.5 Å². The molecule has 3 aromatic rings. The topological polar surface area (TPSA) is 73.2 Å². The number of hydrogen-bond donors (Lipinski definition) is 2. The highest BCUT2D eigenvalue weighted by Gasteiger charge is 2.75. The summed E-state index contributed by atoms with van der Waals surface area (Å²) >= 11 is 0. The number of likely N-dealkylation sites (tertiary alicyclic amines) is 1. The van der Waals surface area contributed by atoms with Gasteiger partial charge in [-0.15, -0.1) is 0 Å². The molecule has 7 rings (SSSR count). The first-order chi connectivity index (χ1) is 20.8. The van der Waals surface area contributed by atoms with Crippen LogP contribution in [0.1, 0.15) is 60.4 Å². The molecular weight excluding hydrogens is 536 g/mol. The summed E-state index contributed by atoms with van der Waals surface area (Å²) in [5.41, 5.74) is 4.15. The van der Waals surface area contributed by atoms with E-state index in [4.69, 9.17) is 4.74 Å². The second-order valence-electron chi connectivity index (χ2n) is 13.4. The number of carbonyl (C=O) groups is 1. The molecule has 2 aliphatic carbocycles. The molecule has 2 heterocycles. The van der Waals surface area contributed by atoms with Gasteiger partial charge in [-0.3, -0.25) is 9.69 Å². The molecule has 2 aliphatic heterocycles. The number of aliphatic hydroxyl groups is 1. The molecule has 1 amide bonds. The Morgan fingerprint density at radius 2 is 1.86 bits per heavy atom. The van der Waals surface area contributed by atoms with Crippen LogP contribution >= 0.6 is 0 Å². The van der Waals surface area contributed by atoms with Gasteiger partial charge in [-0.25, -0.2) is 0 Å². The molecule has 226 valence electrons. The number of phenols is 1. The zero-order valence-corrected chi connectivity index (χ0v) is 25.6. The molecule has 2 bridgehead atoms. The highest BCUT2D eigenvalue weighted by Crippen LogP contribution is 2.67. The lowest BCUT2D eigenvalue weighted by molar-refractivity contribution is -0.228. The van der Waals surface area contributed by atoms with Gasteiger partial charge in [0.2, 0.25) is 5.91 Å². The quantitative estimate of drug-likeness (QED) is 0.384. The van der Waals surface area contributed by atoms with Crippen molar-refractivity contribution in [2.75, 3.05) is 20.1 Å². The van der Waals surface area contributed by atoms with E-state index in [0.717, 1.165) is 44.3 Å². The fourth-order valence-corrected chi connectivity index (χ4v) is 9.34. The number of carbonyl (C=O) groups excluding carboxylic acids is 1. The van der Waals surface area contributed by atoms with Gasteiger partial charge >= 0.3 is 0 Å². The summed E-state index contributed by atoms with van der Waals surface area (Å²) in [4.78, 5) is 18.2. The molecule has 1 saturated heterocycles. The van der Waals surface area contributed by atoms with Crippen molar-refractivity contribution in [3.05, 3.63) is 94.5 Å². The van der Waals surface area contributed by atoms with Crippen molar-refractivity contribution < 1.29 is 19.7 Å². The van der Waals surface area contributed by atoms with E-state index >= 15 is 0 Å². The number of ether oxygens (including phenoxy) is 1. The molecule has 0 radical (unpaired) electrons. The zero-order valence-electron chi connectivity index (χ0n) is 25.6. The third-order valence-electron chi connectivity index (χ3n) is 11.4.